The minimum absolute atomic E-state index is 0.326. The highest BCUT2D eigenvalue weighted by molar-refractivity contribution is 9.10. The summed E-state index contributed by atoms with van der Waals surface area (Å²) in [5.74, 6) is 0. The lowest BCUT2D eigenvalue weighted by Gasteiger charge is -2.32. The number of hydrogen-bond donors (Lipinski definition) is 0. The van der Waals surface area contributed by atoms with Crippen LogP contribution < -0.4 is 5.46 Å². The van der Waals surface area contributed by atoms with Crippen molar-refractivity contribution in [3.05, 3.63) is 40.9 Å². The van der Waals surface area contributed by atoms with Crippen LogP contribution in [0.4, 0.5) is 0 Å². The van der Waals surface area contributed by atoms with Crippen molar-refractivity contribution in [2.45, 2.75) is 38.9 Å². The van der Waals surface area contributed by atoms with E-state index in [2.05, 4.69) is 80.0 Å². The summed E-state index contributed by atoms with van der Waals surface area (Å²) < 4.78 is 16.2. The first-order chi connectivity index (χ1) is 10.8. The van der Waals surface area contributed by atoms with Crippen LogP contribution in [0.1, 0.15) is 27.7 Å². The molecular formula is C18H18BBrO2S. The molecular weight excluding hydrogens is 371 g/mol. The Morgan fingerprint density at radius 2 is 1.61 bits per heavy atom. The molecule has 0 radical (unpaired) electrons. The molecule has 0 bridgehead atoms. The van der Waals surface area contributed by atoms with E-state index >= 15 is 0 Å². The van der Waals surface area contributed by atoms with Crippen molar-refractivity contribution >= 4 is 60.0 Å². The molecule has 0 N–H and O–H groups in total. The lowest BCUT2D eigenvalue weighted by atomic mass is 9.78. The second-order valence-corrected chi connectivity index (χ2v) is 8.93. The molecule has 2 heterocycles. The molecule has 1 aliphatic heterocycles. The van der Waals surface area contributed by atoms with Crippen LogP contribution >= 0.6 is 27.3 Å². The Balaban J connectivity index is 1.94. The quantitative estimate of drug-likeness (QED) is 0.539. The van der Waals surface area contributed by atoms with Crippen LogP contribution in [0.25, 0.3) is 20.2 Å². The summed E-state index contributed by atoms with van der Waals surface area (Å²) >= 11 is 5.51. The zero-order chi connectivity index (χ0) is 16.4. The van der Waals surface area contributed by atoms with E-state index in [4.69, 9.17) is 9.31 Å². The Hall–Kier alpha value is -0.875. The first-order valence-electron chi connectivity index (χ1n) is 7.75. The van der Waals surface area contributed by atoms with E-state index in [-0.39, 0.29) is 18.3 Å². The van der Waals surface area contributed by atoms with Gasteiger partial charge < -0.3 is 9.31 Å². The molecule has 4 rings (SSSR count). The molecule has 2 nitrogen and oxygen atoms in total. The highest BCUT2D eigenvalue weighted by atomic mass is 79.9. The number of thiophene rings is 1. The number of hydrogen-bond acceptors (Lipinski definition) is 3. The van der Waals surface area contributed by atoms with Gasteiger partial charge in [-0.1, -0.05) is 40.2 Å². The van der Waals surface area contributed by atoms with Crippen molar-refractivity contribution in [1.82, 2.24) is 0 Å². The molecule has 0 aliphatic carbocycles. The van der Waals surface area contributed by atoms with E-state index in [1.807, 2.05) is 0 Å². The van der Waals surface area contributed by atoms with Crippen molar-refractivity contribution in [1.29, 1.82) is 0 Å². The van der Waals surface area contributed by atoms with Gasteiger partial charge >= 0.3 is 7.12 Å². The van der Waals surface area contributed by atoms with Crippen molar-refractivity contribution in [2.75, 3.05) is 0 Å². The van der Waals surface area contributed by atoms with Crippen LogP contribution in [0.5, 0.6) is 0 Å². The van der Waals surface area contributed by atoms with E-state index in [1.165, 1.54) is 20.2 Å². The van der Waals surface area contributed by atoms with Crippen molar-refractivity contribution in [2.24, 2.45) is 0 Å². The third kappa shape index (κ3) is 2.29. The molecule has 1 aliphatic rings. The maximum absolute atomic E-state index is 6.26. The molecule has 0 atom stereocenters. The first-order valence-corrected chi connectivity index (χ1v) is 9.36. The fourth-order valence-electron chi connectivity index (χ4n) is 2.96. The third-order valence-electron chi connectivity index (χ3n) is 5.01. The highest BCUT2D eigenvalue weighted by Crippen LogP contribution is 2.40. The zero-order valence-corrected chi connectivity index (χ0v) is 16.0. The summed E-state index contributed by atoms with van der Waals surface area (Å²) in [5, 5.41) is 2.52. The number of halogens is 1. The van der Waals surface area contributed by atoms with Gasteiger partial charge in [-0.2, -0.15) is 0 Å². The van der Waals surface area contributed by atoms with Gasteiger partial charge in [0.1, 0.15) is 0 Å². The van der Waals surface area contributed by atoms with Crippen LogP contribution in [0.3, 0.4) is 0 Å². The molecule has 118 valence electrons. The summed E-state index contributed by atoms with van der Waals surface area (Å²) in [5.41, 5.74) is 0.463. The van der Waals surface area contributed by atoms with Gasteiger partial charge in [0.15, 0.2) is 0 Å². The molecule has 0 unspecified atom stereocenters. The fourth-order valence-corrected chi connectivity index (χ4v) is 4.89. The van der Waals surface area contributed by atoms with E-state index in [0.717, 1.165) is 9.94 Å². The maximum atomic E-state index is 6.26. The lowest BCUT2D eigenvalue weighted by molar-refractivity contribution is 0.00578. The Labute approximate surface area is 149 Å². The summed E-state index contributed by atoms with van der Waals surface area (Å²) in [7, 11) is -0.330. The normalized spacial score (nSPS) is 19.8. The number of fused-ring (bicyclic) bond motifs is 3. The van der Waals surface area contributed by atoms with Gasteiger partial charge in [-0.3, -0.25) is 0 Å². The van der Waals surface area contributed by atoms with E-state index < -0.39 is 0 Å². The second-order valence-electron chi connectivity index (χ2n) is 7.03. The van der Waals surface area contributed by atoms with Gasteiger partial charge in [-0.15, -0.1) is 11.3 Å². The summed E-state index contributed by atoms with van der Waals surface area (Å²) in [6.45, 7) is 8.36. The molecule has 5 heteroatoms. The van der Waals surface area contributed by atoms with Crippen LogP contribution in [0.15, 0.2) is 40.9 Å². The third-order valence-corrected chi connectivity index (χ3v) is 6.89. The first kappa shape index (κ1) is 15.6. The van der Waals surface area contributed by atoms with Crippen LogP contribution in [0, 0.1) is 0 Å². The van der Waals surface area contributed by atoms with E-state index in [9.17, 15) is 0 Å². The summed E-state index contributed by atoms with van der Waals surface area (Å²) in [4.78, 5) is 0. The molecule has 0 amide bonds. The fraction of sp³-hybridized carbons (Fsp3) is 0.333. The molecule has 0 saturated carbocycles. The largest absolute Gasteiger partial charge is 0.496 e. The highest BCUT2D eigenvalue weighted by Gasteiger charge is 2.52. The summed E-state index contributed by atoms with van der Waals surface area (Å²) in [6, 6.07) is 12.7. The van der Waals surface area contributed by atoms with Crippen molar-refractivity contribution < 1.29 is 9.31 Å². The molecule has 1 fully saturated rings. The van der Waals surface area contributed by atoms with Gasteiger partial charge in [0.2, 0.25) is 0 Å². The van der Waals surface area contributed by atoms with Crippen molar-refractivity contribution in [3.63, 3.8) is 0 Å². The van der Waals surface area contributed by atoms with Gasteiger partial charge in [-0.25, -0.2) is 0 Å². The smallest absolute Gasteiger partial charge is 0.399 e. The lowest BCUT2D eigenvalue weighted by Crippen LogP contribution is -2.41. The summed E-state index contributed by atoms with van der Waals surface area (Å²) in [6.07, 6.45) is 0. The Morgan fingerprint density at radius 3 is 2.30 bits per heavy atom. The van der Waals surface area contributed by atoms with E-state index in [0.29, 0.717) is 0 Å². The van der Waals surface area contributed by atoms with Crippen molar-refractivity contribution in [3.8, 4) is 0 Å². The molecule has 0 spiro atoms. The van der Waals surface area contributed by atoms with Gasteiger partial charge in [0.05, 0.1) is 11.2 Å². The van der Waals surface area contributed by atoms with Gasteiger partial charge in [0.25, 0.3) is 0 Å². The molecule has 23 heavy (non-hydrogen) atoms. The Kier molecular flexibility index (Phi) is 3.44. The maximum Gasteiger partial charge on any atom is 0.496 e. The Bertz CT molecular complexity index is 900. The average Bonchev–Trinajstić information content (AvgIpc) is 2.95. The standard InChI is InChI=1S/C18H18BBrO2S/c1-17(2)18(3,4)22-19(21-17)12-9-10-13(20)15-11-7-5-6-8-14(11)23-16(12)15/h5-10H,1-4H3. The molecule has 2 aromatic carbocycles. The molecule has 3 aromatic rings. The zero-order valence-electron chi connectivity index (χ0n) is 13.6. The minimum atomic E-state index is -0.330. The monoisotopic (exact) mass is 388 g/mol. The van der Waals surface area contributed by atoms with Gasteiger partial charge in [-0.05, 0) is 39.8 Å². The predicted molar refractivity (Wildman–Crippen MR) is 103 cm³/mol. The molecule has 1 aromatic heterocycles. The van der Waals surface area contributed by atoms with Gasteiger partial charge in [0, 0.05) is 30.1 Å². The number of benzene rings is 2. The van der Waals surface area contributed by atoms with Crippen LogP contribution in [-0.2, 0) is 9.31 Å². The van der Waals surface area contributed by atoms with Crippen LogP contribution in [-0.4, -0.2) is 18.3 Å². The minimum Gasteiger partial charge on any atom is -0.399 e. The number of rotatable bonds is 1. The SMILES string of the molecule is CC1(C)OB(c2ccc(Br)c3c2sc2ccccc23)OC1(C)C. The predicted octanol–water partition coefficient (Wildman–Crippen LogP) is 5.12. The molecule has 1 saturated heterocycles. The van der Waals surface area contributed by atoms with E-state index in [1.54, 1.807) is 11.3 Å². The Morgan fingerprint density at radius 1 is 0.957 bits per heavy atom. The van der Waals surface area contributed by atoms with Crippen LogP contribution in [0.2, 0.25) is 0 Å². The topological polar surface area (TPSA) is 18.5 Å². The average molecular weight is 389 g/mol. The second kappa shape index (κ2) is 5.06.